The summed E-state index contributed by atoms with van der Waals surface area (Å²) in [5, 5.41) is 20.4. The van der Waals surface area contributed by atoms with Crippen LogP contribution in [0.15, 0.2) is 36.5 Å². The lowest BCUT2D eigenvalue weighted by molar-refractivity contribution is -0.384. The van der Waals surface area contributed by atoms with Crippen LogP contribution in [0, 0.1) is 17.0 Å². The van der Waals surface area contributed by atoms with Gasteiger partial charge in [-0.2, -0.15) is 0 Å². The average molecular weight is 288 g/mol. The molecule has 21 heavy (non-hydrogen) atoms. The van der Waals surface area contributed by atoms with Crippen molar-refractivity contribution >= 4 is 5.69 Å². The SMILES string of the molecule is CC[C@@H](O)c1ccc(Oc2ccc([N+](=O)[O-])cc2C)cn1. The molecule has 0 spiro atoms. The summed E-state index contributed by atoms with van der Waals surface area (Å²) in [6, 6.07) is 7.82. The fourth-order valence-corrected chi connectivity index (χ4v) is 1.85. The van der Waals surface area contributed by atoms with Crippen molar-refractivity contribution in [3.05, 3.63) is 57.9 Å². The fourth-order valence-electron chi connectivity index (χ4n) is 1.85. The maximum absolute atomic E-state index is 10.7. The second-order valence-electron chi connectivity index (χ2n) is 4.65. The number of nitro benzene ring substituents is 1. The van der Waals surface area contributed by atoms with Crippen molar-refractivity contribution in [1.29, 1.82) is 0 Å². The van der Waals surface area contributed by atoms with Gasteiger partial charge in [-0.1, -0.05) is 6.92 Å². The molecule has 1 heterocycles. The van der Waals surface area contributed by atoms with Crippen LogP contribution in [-0.2, 0) is 0 Å². The van der Waals surface area contributed by atoms with Gasteiger partial charge in [-0.3, -0.25) is 15.1 Å². The number of benzene rings is 1. The topological polar surface area (TPSA) is 85.5 Å². The van der Waals surface area contributed by atoms with Gasteiger partial charge in [0.1, 0.15) is 11.5 Å². The van der Waals surface area contributed by atoms with Crippen molar-refractivity contribution in [3.63, 3.8) is 0 Å². The summed E-state index contributed by atoms with van der Waals surface area (Å²) < 4.78 is 5.65. The summed E-state index contributed by atoms with van der Waals surface area (Å²) in [5.74, 6) is 1.05. The number of aromatic nitrogens is 1. The largest absolute Gasteiger partial charge is 0.455 e. The first-order chi connectivity index (χ1) is 10.0. The molecule has 0 aliphatic heterocycles. The molecule has 0 amide bonds. The van der Waals surface area contributed by atoms with Crippen molar-refractivity contribution in [2.45, 2.75) is 26.4 Å². The molecular weight excluding hydrogens is 272 g/mol. The zero-order valence-corrected chi connectivity index (χ0v) is 11.8. The van der Waals surface area contributed by atoms with Gasteiger partial charge in [0.15, 0.2) is 0 Å². The van der Waals surface area contributed by atoms with Crippen LogP contribution >= 0.6 is 0 Å². The first kappa shape index (κ1) is 14.9. The van der Waals surface area contributed by atoms with Gasteiger partial charge in [0.05, 0.1) is 22.9 Å². The van der Waals surface area contributed by atoms with Crippen molar-refractivity contribution in [3.8, 4) is 11.5 Å². The summed E-state index contributed by atoms with van der Waals surface area (Å²) in [6.45, 7) is 3.61. The standard InChI is InChI=1S/C15H16N2O4/c1-3-14(18)13-6-5-12(9-16-13)21-15-7-4-11(17(19)20)8-10(15)2/h4-9,14,18H,3H2,1-2H3/t14-/m1/s1. The van der Waals surface area contributed by atoms with E-state index >= 15 is 0 Å². The summed E-state index contributed by atoms with van der Waals surface area (Å²) in [5.41, 5.74) is 1.28. The Kier molecular flexibility index (Phi) is 4.49. The number of pyridine rings is 1. The number of aliphatic hydroxyl groups excluding tert-OH is 1. The van der Waals surface area contributed by atoms with Crippen LogP contribution in [0.1, 0.15) is 30.7 Å². The Morgan fingerprint density at radius 3 is 2.67 bits per heavy atom. The number of aryl methyl sites for hydroxylation is 1. The van der Waals surface area contributed by atoms with E-state index in [4.69, 9.17) is 4.74 Å². The summed E-state index contributed by atoms with van der Waals surface area (Å²) in [4.78, 5) is 14.4. The Balaban J connectivity index is 2.16. The zero-order valence-electron chi connectivity index (χ0n) is 11.8. The van der Waals surface area contributed by atoms with Crippen LogP contribution in [0.25, 0.3) is 0 Å². The van der Waals surface area contributed by atoms with Crippen LogP contribution in [0.2, 0.25) is 0 Å². The first-order valence-electron chi connectivity index (χ1n) is 6.58. The smallest absolute Gasteiger partial charge is 0.269 e. The van der Waals surface area contributed by atoms with Gasteiger partial charge in [0.2, 0.25) is 0 Å². The maximum atomic E-state index is 10.7. The second kappa shape index (κ2) is 6.32. The molecule has 110 valence electrons. The minimum Gasteiger partial charge on any atom is -0.455 e. The van der Waals surface area contributed by atoms with E-state index in [2.05, 4.69) is 4.98 Å². The molecule has 6 heteroatoms. The Morgan fingerprint density at radius 2 is 2.14 bits per heavy atom. The van der Waals surface area contributed by atoms with Gasteiger partial charge in [-0.25, -0.2) is 0 Å². The van der Waals surface area contributed by atoms with E-state index in [-0.39, 0.29) is 5.69 Å². The monoisotopic (exact) mass is 288 g/mol. The second-order valence-corrected chi connectivity index (χ2v) is 4.65. The lowest BCUT2D eigenvalue weighted by Gasteiger charge is -2.10. The van der Waals surface area contributed by atoms with Crippen molar-refractivity contribution in [1.82, 2.24) is 4.98 Å². The van der Waals surface area contributed by atoms with Gasteiger partial charge in [0.25, 0.3) is 5.69 Å². The van der Waals surface area contributed by atoms with E-state index < -0.39 is 11.0 Å². The molecule has 0 saturated carbocycles. The number of non-ortho nitro benzene ring substituents is 1. The van der Waals surface area contributed by atoms with E-state index in [1.54, 1.807) is 25.1 Å². The summed E-state index contributed by atoms with van der Waals surface area (Å²) in [7, 11) is 0. The number of hydrogen-bond donors (Lipinski definition) is 1. The molecule has 2 rings (SSSR count). The molecule has 1 N–H and O–H groups in total. The van der Waals surface area contributed by atoms with E-state index in [0.717, 1.165) is 0 Å². The maximum Gasteiger partial charge on any atom is 0.269 e. The highest BCUT2D eigenvalue weighted by molar-refractivity contribution is 5.44. The Morgan fingerprint density at radius 1 is 1.38 bits per heavy atom. The number of aliphatic hydroxyl groups is 1. The van der Waals surface area contributed by atoms with Crippen molar-refractivity contribution in [2.75, 3.05) is 0 Å². The molecule has 2 aromatic rings. The van der Waals surface area contributed by atoms with E-state index in [0.29, 0.717) is 29.2 Å². The van der Waals surface area contributed by atoms with Gasteiger partial charge in [-0.05, 0) is 37.1 Å². The van der Waals surface area contributed by atoms with Crippen LogP contribution in [0.4, 0.5) is 5.69 Å². The molecule has 0 radical (unpaired) electrons. The average Bonchev–Trinajstić information content (AvgIpc) is 2.49. The molecule has 1 aromatic carbocycles. The minimum atomic E-state index is -0.583. The number of nitro groups is 1. The molecule has 0 bridgehead atoms. The van der Waals surface area contributed by atoms with Crippen LogP contribution < -0.4 is 4.74 Å². The number of nitrogens with zero attached hydrogens (tertiary/aromatic N) is 2. The van der Waals surface area contributed by atoms with Crippen molar-refractivity contribution < 1.29 is 14.8 Å². The predicted molar refractivity (Wildman–Crippen MR) is 77.4 cm³/mol. The zero-order chi connectivity index (χ0) is 15.4. The normalized spacial score (nSPS) is 12.0. The quantitative estimate of drug-likeness (QED) is 0.672. The van der Waals surface area contributed by atoms with Crippen LogP contribution in [0.3, 0.4) is 0 Å². The van der Waals surface area contributed by atoms with Crippen LogP contribution in [0.5, 0.6) is 11.5 Å². The lowest BCUT2D eigenvalue weighted by Crippen LogP contribution is -1.98. The summed E-state index contributed by atoms with van der Waals surface area (Å²) >= 11 is 0. The fraction of sp³-hybridized carbons (Fsp3) is 0.267. The molecular formula is C15H16N2O4. The Bertz CT molecular complexity index is 641. The number of hydrogen-bond acceptors (Lipinski definition) is 5. The van der Waals surface area contributed by atoms with Crippen LogP contribution in [-0.4, -0.2) is 15.0 Å². The van der Waals surface area contributed by atoms with Gasteiger partial charge < -0.3 is 9.84 Å². The third kappa shape index (κ3) is 3.55. The highest BCUT2D eigenvalue weighted by atomic mass is 16.6. The predicted octanol–water partition coefficient (Wildman–Crippen LogP) is 3.53. The Labute approximate surface area is 122 Å². The van der Waals surface area contributed by atoms with E-state index in [1.165, 1.54) is 18.3 Å². The molecule has 0 fully saturated rings. The highest BCUT2D eigenvalue weighted by Gasteiger charge is 2.10. The van der Waals surface area contributed by atoms with E-state index in [9.17, 15) is 15.2 Å². The summed E-state index contributed by atoms with van der Waals surface area (Å²) in [6.07, 6.45) is 1.53. The minimum absolute atomic E-state index is 0.0272. The molecule has 0 unspecified atom stereocenters. The first-order valence-corrected chi connectivity index (χ1v) is 6.58. The molecule has 1 atom stereocenters. The lowest BCUT2D eigenvalue weighted by atomic mass is 10.2. The third-order valence-corrected chi connectivity index (χ3v) is 3.08. The molecule has 1 aromatic heterocycles. The molecule has 0 saturated heterocycles. The molecule has 6 nitrogen and oxygen atoms in total. The van der Waals surface area contributed by atoms with Gasteiger partial charge in [0, 0.05) is 12.1 Å². The van der Waals surface area contributed by atoms with Crippen molar-refractivity contribution in [2.24, 2.45) is 0 Å². The molecule has 0 aliphatic carbocycles. The van der Waals surface area contributed by atoms with E-state index in [1.807, 2.05) is 6.92 Å². The number of ether oxygens (including phenoxy) is 1. The third-order valence-electron chi connectivity index (χ3n) is 3.08. The van der Waals surface area contributed by atoms with Gasteiger partial charge in [-0.15, -0.1) is 0 Å². The Hall–Kier alpha value is -2.47. The number of rotatable bonds is 5. The highest BCUT2D eigenvalue weighted by Crippen LogP contribution is 2.28. The van der Waals surface area contributed by atoms with Gasteiger partial charge >= 0.3 is 0 Å². The molecule has 0 aliphatic rings.